The summed E-state index contributed by atoms with van der Waals surface area (Å²) in [5.41, 5.74) is 4.91. The Labute approximate surface area is 166 Å². The van der Waals surface area contributed by atoms with Gasteiger partial charge in [-0.2, -0.15) is 5.10 Å². The topological polar surface area (TPSA) is 68.6 Å². The molecule has 2 heterocycles. The highest BCUT2D eigenvalue weighted by Gasteiger charge is 2.19. The van der Waals surface area contributed by atoms with Crippen molar-refractivity contribution in [3.63, 3.8) is 0 Å². The molecule has 1 aliphatic rings. The predicted molar refractivity (Wildman–Crippen MR) is 109 cm³/mol. The highest BCUT2D eigenvalue weighted by molar-refractivity contribution is 5.95. The summed E-state index contributed by atoms with van der Waals surface area (Å²) in [6, 6.07) is 5.58. The van der Waals surface area contributed by atoms with Gasteiger partial charge in [-0.1, -0.05) is 0 Å². The van der Waals surface area contributed by atoms with E-state index in [1.165, 1.54) is 5.56 Å². The second kappa shape index (κ2) is 8.65. The molecule has 1 fully saturated rings. The van der Waals surface area contributed by atoms with Gasteiger partial charge in [-0.25, -0.2) is 0 Å². The molecule has 1 aromatic carbocycles. The number of morpholine rings is 1. The van der Waals surface area contributed by atoms with Crippen molar-refractivity contribution >= 4 is 11.6 Å². The van der Waals surface area contributed by atoms with Gasteiger partial charge in [0, 0.05) is 37.4 Å². The Hall–Kier alpha value is -2.54. The molecule has 1 aromatic heterocycles. The van der Waals surface area contributed by atoms with Gasteiger partial charge in [-0.15, -0.1) is 0 Å². The number of hydrogen-bond donors (Lipinski definition) is 1. The van der Waals surface area contributed by atoms with Crippen LogP contribution in [-0.2, 0) is 18.2 Å². The molecule has 1 atom stereocenters. The van der Waals surface area contributed by atoms with Gasteiger partial charge in [0.2, 0.25) is 0 Å². The summed E-state index contributed by atoms with van der Waals surface area (Å²) in [6.07, 6.45) is 0.754. The Morgan fingerprint density at radius 1 is 1.32 bits per heavy atom. The number of benzene rings is 1. The van der Waals surface area contributed by atoms with Crippen LogP contribution in [0.1, 0.15) is 34.2 Å². The van der Waals surface area contributed by atoms with E-state index in [1.54, 1.807) is 7.11 Å². The summed E-state index contributed by atoms with van der Waals surface area (Å²) < 4.78 is 12.8. The Kier molecular flexibility index (Phi) is 6.24. The summed E-state index contributed by atoms with van der Waals surface area (Å²) in [5, 5.41) is 7.57. The van der Waals surface area contributed by atoms with Crippen LogP contribution in [0, 0.1) is 13.8 Å². The lowest BCUT2D eigenvalue weighted by atomic mass is 10.0. The molecule has 0 spiro atoms. The first-order chi connectivity index (χ1) is 13.4. The molecule has 2 aromatic rings. The number of anilines is 1. The number of aromatic nitrogens is 2. The highest BCUT2D eigenvalue weighted by Crippen LogP contribution is 2.30. The van der Waals surface area contributed by atoms with Crippen LogP contribution >= 0.6 is 0 Å². The number of nitrogens with zero attached hydrogens (tertiary/aromatic N) is 3. The molecule has 3 rings (SSSR count). The molecular weight excluding hydrogens is 356 g/mol. The van der Waals surface area contributed by atoms with Crippen LogP contribution in [0.25, 0.3) is 0 Å². The van der Waals surface area contributed by atoms with E-state index >= 15 is 0 Å². The van der Waals surface area contributed by atoms with Gasteiger partial charge in [-0.05, 0) is 51.0 Å². The molecule has 1 saturated heterocycles. The van der Waals surface area contributed by atoms with Gasteiger partial charge in [0.15, 0.2) is 0 Å². The number of aryl methyl sites for hydroxylation is 2. The number of nitrogens with one attached hydrogen (secondary N) is 1. The van der Waals surface area contributed by atoms with Crippen molar-refractivity contribution in [2.75, 3.05) is 38.3 Å². The summed E-state index contributed by atoms with van der Waals surface area (Å²) in [7, 11) is 3.60. The smallest absolute Gasteiger partial charge is 0.251 e. The van der Waals surface area contributed by atoms with Gasteiger partial charge in [0.1, 0.15) is 5.75 Å². The quantitative estimate of drug-likeness (QED) is 0.825. The third kappa shape index (κ3) is 4.30. The van der Waals surface area contributed by atoms with E-state index in [9.17, 15) is 4.79 Å². The molecule has 1 aliphatic heterocycles. The van der Waals surface area contributed by atoms with Crippen LogP contribution < -0.4 is 15.0 Å². The number of amides is 1. The zero-order valence-corrected chi connectivity index (χ0v) is 17.4. The fourth-order valence-electron chi connectivity index (χ4n) is 3.66. The number of carbonyl (C=O) groups excluding carboxylic acids is 1. The average Bonchev–Trinajstić information content (AvgIpc) is 2.94. The molecule has 7 heteroatoms. The van der Waals surface area contributed by atoms with E-state index in [4.69, 9.17) is 9.47 Å². The van der Waals surface area contributed by atoms with E-state index in [0.29, 0.717) is 18.8 Å². The second-order valence-electron chi connectivity index (χ2n) is 7.34. The number of methoxy groups -OCH3 is 1. The van der Waals surface area contributed by atoms with Crippen molar-refractivity contribution in [2.24, 2.45) is 7.05 Å². The van der Waals surface area contributed by atoms with Crippen LogP contribution in [0.15, 0.2) is 18.2 Å². The molecule has 0 radical (unpaired) electrons. The molecule has 152 valence electrons. The lowest BCUT2D eigenvalue weighted by molar-refractivity contribution is 0.0940. The van der Waals surface area contributed by atoms with Crippen LogP contribution in [0.3, 0.4) is 0 Å². The number of rotatable bonds is 6. The molecule has 28 heavy (non-hydrogen) atoms. The maximum absolute atomic E-state index is 12.8. The maximum Gasteiger partial charge on any atom is 0.251 e. The summed E-state index contributed by atoms with van der Waals surface area (Å²) in [5.74, 6) is 0.692. The van der Waals surface area contributed by atoms with E-state index in [-0.39, 0.29) is 11.9 Å². The number of hydrogen-bond acceptors (Lipinski definition) is 5. The lowest BCUT2D eigenvalue weighted by Gasteiger charge is -2.30. The van der Waals surface area contributed by atoms with Crippen molar-refractivity contribution in [1.82, 2.24) is 15.1 Å². The lowest BCUT2D eigenvalue weighted by Crippen LogP contribution is -2.37. The Morgan fingerprint density at radius 3 is 2.64 bits per heavy atom. The van der Waals surface area contributed by atoms with Gasteiger partial charge in [0.25, 0.3) is 5.91 Å². The standard InChI is InChI=1S/C21H30N4O3/c1-14(12-18-15(2)23-24(4)16(18)3)22-21(26)17-6-7-20(27-5)19(13-17)25-8-10-28-11-9-25/h6-7,13-14H,8-12H2,1-5H3,(H,22,26). The molecule has 7 nitrogen and oxygen atoms in total. The molecular formula is C21H30N4O3. The van der Waals surface area contributed by atoms with Crippen LogP contribution in [0.4, 0.5) is 5.69 Å². The molecule has 0 saturated carbocycles. The van der Waals surface area contributed by atoms with Gasteiger partial charge in [0.05, 0.1) is 31.7 Å². The van der Waals surface area contributed by atoms with E-state index in [1.807, 2.05) is 43.8 Å². The summed E-state index contributed by atoms with van der Waals surface area (Å²) in [4.78, 5) is 15.0. The van der Waals surface area contributed by atoms with Crippen molar-refractivity contribution in [2.45, 2.75) is 33.2 Å². The van der Waals surface area contributed by atoms with E-state index < -0.39 is 0 Å². The van der Waals surface area contributed by atoms with Gasteiger partial charge in [-0.3, -0.25) is 9.48 Å². The number of ether oxygens (including phenoxy) is 2. The first-order valence-electron chi connectivity index (χ1n) is 9.71. The fourth-order valence-corrected chi connectivity index (χ4v) is 3.66. The minimum Gasteiger partial charge on any atom is -0.495 e. The molecule has 0 aliphatic carbocycles. The normalized spacial score (nSPS) is 15.4. The zero-order chi connectivity index (χ0) is 20.3. The SMILES string of the molecule is COc1ccc(C(=O)NC(C)Cc2c(C)nn(C)c2C)cc1N1CCOCC1. The molecule has 0 bridgehead atoms. The largest absolute Gasteiger partial charge is 0.495 e. The minimum absolute atomic E-state index is 0.00281. The zero-order valence-electron chi connectivity index (χ0n) is 17.4. The summed E-state index contributed by atoms with van der Waals surface area (Å²) >= 11 is 0. The Balaban J connectivity index is 1.72. The van der Waals surface area contributed by atoms with Crippen LogP contribution in [-0.4, -0.2) is 55.1 Å². The van der Waals surface area contributed by atoms with Gasteiger partial charge < -0.3 is 19.7 Å². The molecule has 1 N–H and O–H groups in total. The Morgan fingerprint density at radius 2 is 2.04 bits per heavy atom. The predicted octanol–water partition coefficient (Wildman–Crippen LogP) is 2.24. The fraction of sp³-hybridized carbons (Fsp3) is 0.524. The van der Waals surface area contributed by atoms with Crippen LogP contribution in [0.2, 0.25) is 0 Å². The third-order valence-electron chi connectivity index (χ3n) is 5.34. The molecule has 1 unspecified atom stereocenters. The van der Waals surface area contributed by atoms with Crippen molar-refractivity contribution < 1.29 is 14.3 Å². The monoisotopic (exact) mass is 386 g/mol. The second-order valence-corrected chi connectivity index (χ2v) is 7.34. The third-order valence-corrected chi connectivity index (χ3v) is 5.34. The van der Waals surface area contributed by atoms with Crippen molar-refractivity contribution in [3.05, 3.63) is 40.7 Å². The number of carbonyl (C=O) groups is 1. The molecule has 1 amide bonds. The highest BCUT2D eigenvalue weighted by atomic mass is 16.5. The minimum atomic E-state index is -0.0798. The van der Waals surface area contributed by atoms with E-state index in [2.05, 4.69) is 22.2 Å². The van der Waals surface area contributed by atoms with Crippen LogP contribution in [0.5, 0.6) is 5.75 Å². The first kappa shape index (κ1) is 20.2. The Bertz CT molecular complexity index is 840. The maximum atomic E-state index is 12.8. The van der Waals surface area contributed by atoms with E-state index in [0.717, 1.165) is 42.3 Å². The van der Waals surface area contributed by atoms with Crippen molar-refractivity contribution in [1.29, 1.82) is 0 Å². The van der Waals surface area contributed by atoms with Gasteiger partial charge >= 0.3 is 0 Å². The van der Waals surface area contributed by atoms with Crippen molar-refractivity contribution in [3.8, 4) is 5.75 Å². The average molecular weight is 386 g/mol. The summed E-state index contributed by atoms with van der Waals surface area (Å²) in [6.45, 7) is 9.03. The first-order valence-corrected chi connectivity index (χ1v) is 9.71.